The average molecular weight is 302 g/mol. The minimum absolute atomic E-state index is 0.182. The predicted molar refractivity (Wildman–Crippen MR) is 87.4 cm³/mol. The van der Waals surface area contributed by atoms with Crippen LogP contribution in [-0.2, 0) is 6.61 Å². The fraction of sp³-hybridized carbons (Fsp3) is 0.0556. The van der Waals surface area contributed by atoms with Crippen molar-refractivity contribution in [2.75, 3.05) is 5.73 Å². The zero-order valence-corrected chi connectivity index (χ0v) is 12.3. The molecule has 5 nitrogen and oxygen atoms in total. The van der Waals surface area contributed by atoms with Crippen molar-refractivity contribution in [3.05, 3.63) is 71.9 Å². The van der Waals surface area contributed by atoms with E-state index in [1.807, 2.05) is 60.7 Å². The number of nitrogens with two attached hydrogens (primary N) is 1. The molecule has 0 fully saturated rings. The van der Waals surface area contributed by atoms with Gasteiger partial charge in [-0.1, -0.05) is 30.3 Å². The van der Waals surface area contributed by atoms with E-state index in [9.17, 15) is 0 Å². The zero-order valence-electron chi connectivity index (χ0n) is 12.3. The van der Waals surface area contributed by atoms with Gasteiger partial charge in [-0.25, -0.2) is 9.97 Å². The fourth-order valence-electron chi connectivity index (χ4n) is 2.06. The highest BCUT2D eigenvalue weighted by Gasteiger charge is 2.06. The molecule has 0 aliphatic rings. The van der Waals surface area contributed by atoms with Crippen LogP contribution in [0.3, 0.4) is 0 Å². The Morgan fingerprint density at radius 2 is 1.78 bits per heavy atom. The van der Waals surface area contributed by atoms with Crippen LogP contribution in [0.1, 0.15) is 11.1 Å². The van der Waals surface area contributed by atoms with E-state index in [4.69, 9.17) is 15.7 Å². The molecule has 0 amide bonds. The molecule has 2 N–H and O–H groups in total. The largest absolute Gasteiger partial charge is 0.489 e. The van der Waals surface area contributed by atoms with Gasteiger partial charge in [0.25, 0.3) is 0 Å². The minimum Gasteiger partial charge on any atom is -0.489 e. The molecule has 0 saturated heterocycles. The lowest BCUT2D eigenvalue weighted by Gasteiger charge is -2.07. The van der Waals surface area contributed by atoms with Gasteiger partial charge < -0.3 is 10.5 Å². The molecule has 3 aromatic rings. The molecule has 0 unspecified atom stereocenters. The van der Waals surface area contributed by atoms with Crippen molar-refractivity contribution in [3.63, 3.8) is 0 Å². The average Bonchev–Trinajstić information content (AvgIpc) is 2.61. The van der Waals surface area contributed by atoms with E-state index in [0.29, 0.717) is 12.4 Å². The van der Waals surface area contributed by atoms with Crippen LogP contribution in [0.5, 0.6) is 5.75 Å². The van der Waals surface area contributed by atoms with E-state index in [-0.39, 0.29) is 11.4 Å². The Morgan fingerprint density at radius 1 is 1.04 bits per heavy atom. The van der Waals surface area contributed by atoms with Gasteiger partial charge in [0.2, 0.25) is 0 Å². The summed E-state index contributed by atoms with van der Waals surface area (Å²) in [6, 6.07) is 19.4. The van der Waals surface area contributed by atoms with Gasteiger partial charge in [0.1, 0.15) is 29.8 Å². The number of nitrogen functional groups attached to an aromatic ring is 1. The summed E-state index contributed by atoms with van der Waals surface area (Å²) in [7, 11) is 0. The van der Waals surface area contributed by atoms with Gasteiger partial charge in [-0.2, -0.15) is 5.26 Å². The Labute approximate surface area is 134 Å². The molecule has 0 bridgehead atoms. The Bertz CT molecular complexity index is 839. The lowest BCUT2D eigenvalue weighted by molar-refractivity contribution is 0.306. The van der Waals surface area contributed by atoms with Crippen LogP contribution in [0.4, 0.5) is 5.82 Å². The number of hydrogen-bond donors (Lipinski definition) is 1. The highest BCUT2D eigenvalue weighted by molar-refractivity contribution is 5.60. The van der Waals surface area contributed by atoms with Crippen molar-refractivity contribution >= 4 is 5.82 Å². The van der Waals surface area contributed by atoms with E-state index in [2.05, 4.69) is 9.97 Å². The third kappa shape index (κ3) is 3.44. The monoisotopic (exact) mass is 302 g/mol. The van der Waals surface area contributed by atoms with Gasteiger partial charge >= 0.3 is 0 Å². The minimum atomic E-state index is 0.182. The Hall–Kier alpha value is -3.39. The number of nitrogens with zero attached hydrogens (tertiary/aromatic N) is 3. The van der Waals surface area contributed by atoms with E-state index in [0.717, 1.165) is 16.9 Å². The molecule has 23 heavy (non-hydrogen) atoms. The number of rotatable bonds is 4. The van der Waals surface area contributed by atoms with Gasteiger partial charge in [0.05, 0.1) is 6.20 Å². The van der Waals surface area contributed by atoms with Gasteiger partial charge in [-0.15, -0.1) is 0 Å². The van der Waals surface area contributed by atoms with Crippen molar-refractivity contribution in [1.29, 1.82) is 5.26 Å². The lowest BCUT2D eigenvalue weighted by atomic mass is 10.2. The Balaban J connectivity index is 1.72. The van der Waals surface area contributed by atoms with Crippen LogP contribution in [-0.4, -0.2) is 9.97 Å². The molecule has 5 heteroatoms. The molecule has 0 aliphatic carbocycles. The molecule has 2 aromatic carbocycles. The highest BCUT2D eigenvalue weighted by atomic mass is 16.5. The molecular formula is C18H14N4O. The molecule has 0 radical (unpaired) electrons. The maximum Gasteiger partial charge on any atom is 0.161 e. The standard InChI is InChI=1S/C18H14N4O/c19-10-15-11-21-18(22-17(15)20)14-6-8-16(9-7-14)23-12-13-4-2-1-3-5-13/h1-9,11H,12H2,(H2,20,21,22). The van der Waals surface area contributed by atoms with Crippen molar-refractivity contribution in [3.8, 4) is 23.2 Å². The number of benzene rings is 2. The molecule has 3 rings (SSSR count). The summed E-state index contributed by atoms with van der Waals surface area (Å²) in [6.45, 7) is 0.514. The predicted octanol–water partition coefficient (Wildman–Crippen LogP) is 3.18. The molecule has 0 saturated carbocycles. The van der Waals surface area contributed by atoms with Crippen molar-refractivity contribution < 1.29 is 4.74 Å². The molecule has 112 valence electrons. The van der Waals surface area contributed by atoms with Crippen LogP contribution < -0.4 is 10.5 Å². The maximum atomic E-state index is 8.84. The van der Waals surface area contributed by atoms with Gasteiger partial charge in [0.15, 0.2) is 5.82 Å². The topological polar surface area (TPSA) is 84.8 Å². The third-order valence-electron chi connectivity index (χ3n) is 3.30. The first-order valence-corrected chi connectivity index (χ1v) is 7.06. The summed E-state index contributed by atoms with van der Waals surface area (Å²) in [6.07, 6.45) is 1.43. The van der Waals surface area contributed by atoms with Gasteiger partial charge in [0, 0.05) is 5.56 Å². The quantitative estimate of drug-likeness (QED) is 0.800. The molecule has 1 aromatic heterocycles. The van der Waals surface area contributed by atoms with Crippen molar-refractivity contribution in [1.82, 2.24) is 9.97 Å². The van der Waals surface area contributed by atoms with E-state index >= 15 is 0 Å². The molecule has 0 aliphatic heterocycles. The lowest BCUT2D eigenvalue weighted by Crippen LogP contribution is -1.99. The molecule has 0 atom stereocenters. The summed E-state index contributed by atoms with van der Waals surface area (Å²) in [5.74, 6) is 1.43. The van der Waals surface area contributed by atoms with Crippen molar-refractivity contribution in [2.24, 2.45) is 0 Å². The van der Waals surface area contributed by atoms with Crippen LogP contribution >= 0.6 is 0 Å². The van der Waals surface area contributed by atoms with Crippen LogP contribution in [0, 0.1) is 11.3 Å². The van der Waals surface area contributed by atoms with Crippen LogP contribution in [0.25, 0.3) is 11.4 Å². The first-order valence-electron chi connectivity index (χ1n) is 7.06. The summed E-state index contributed by atoms with van der Waals surface area (Å²) in [5.41, 5.74) is 7.91. The number of anilines is 1. The first-order chi connectivity index (χ1) is 11.3. The number of nitriles is 1. The molecular weight excluding hydrogens is 288 g/mol. The van der Waals surface area contributed by atoms with Crippen LogP contribution in [0.2, 0.25) is 0 Å². The smallest absolute Gasteiger partial charge is 0.161 e. The number of hydrogen-bond acceptors (Lipinski definition) is 5. The van der Waals surface area contributed by atoms with Crippen molar-refractivity contribution in [2.45, 2.75) is 6.61 Å². The summed E-state index contributed by atoms with van der Waals surface area (Å²) >= 11 is 0. The van der Waals surface area contributed by atoms with E-state index in [1.54, 1.807) is 0 Å². The maximum absolute atomic E-state index is 8.84. The number of aromatic nitrogens is 2. The second kappa shape index (κ2) is 6.58. The van der Waals surface area contributed by atoms with Gasteiger partial charge in [-0.05, 0) is 29.8 Å². The Kier molecular flexibility index (Phi) is 4.16. The normalized spacial score (nSPS) is 10.0. The Morgan fingerprint density at radius 3 is 2.43 bits per heavy atom. The summed E-state index contributed by atoms with van der Waals surface area (Å²) in [5, 5.41) is 8.84. The van der Waals surface area contributed by atoms with Crippen LogP contribution in [0.15, 0.2) is 60.8 Å². The van der Waals surface area contributed by atoms with E-state index < -0.39 is 0 Å². The zero-order chi connectivity index (χ0) is 16.1. The summed E-state index contributed by atoms with van der Waals surface area (Å²) in [4.78, 5) is 8.29. The van der Waals surface area contributed by atoms with Gasteiger partial charge in [-0.3, -0.25) is 0 Å². The second-order valence-electron chi connectivity index (χ2n) is 4.90. The second-order valence-corrected chi connectivity index (χ2v) is 4.90. The fourth-order valence-corrected chi connectivity index (χ4v) is 2.06. The summed E-state index contributed by atoms with van der Waals surface area (Å²) < 4.78 is 5.73. The SMILES string of the molecule is N#Cc1cnc(-c2ccc(OCc3ccccc3)cc2)nc1N. The molecule has 1 heterocycles. The third-order valence-corrected chi connectivity index (χ3v) is 3.30. The first kappa shape index (κ1) is 14.5. The molecule has 0 spiro atoms. The van der Waals surface area contributed by atoms with E-state index in [1.165, 1.54) is 6.20 Å². The number of ether oxygens (including phenoxy) is 1. The highest BCUT2D eigenvalue weighted by Crippen LogP contribution is 2.21.